The first-order valence-corrected chi connectivity index (χ1v) is 7.80. The third kappa shape index (κ3) is 2.80. The number of fused-ring (bicyclic) bond motifs is 1. The quantitative estimate of drug-likeness (QED) is 0.775. The highest BCUT2D eigenvalue weighted by molar-refractivity contribution is 7.17. The highest BCUT2D eigenvalue weighted by Crippen LogP contribution is 2.33. The summed E-state index contributed by atoms with van der Waals surface area (Å²) in [5.41, 5.74) is 1.14. The molecule has 1 heterocycles. The van der Waals surface area contributed by atoms with E-state index in [1.54, 1.807) is 18.4 Å². The second-order valence-electron chi connectivity index (χ2n) is 5.44. The van der Waals surface area contributed by atoms with Gasteiger partial charge in [-0.1, -0.05) is 30.3 Å². The van der Waals surface area contributed by atoms with Crippen LogP contribution < -0.4 is 4.74 Å². The molecule has 0 saturated carbocycles. The summed E-state index contributed by atoms with van der Waals surface area (Å²) in [7, 11) is 1.64. The van der Waals surface area contributed by atoms with Crippen molar-refractivity contribution in [3.63, 3.8) is 0 Å². The number of methoxy groups -OCH3 is 1. The second kappa shape index (κ2) is 5.51. The molecule has 1 N–H and O–H groups in total. The first kappa shape index (κ1) is 14.1. The van der Waals surface area contributed by atoms with Crippen LogP contribution in [0.1, 0.15) is 18.1 Å². The van der Waals surface area contributed by atoms with Crippen LogP contribution >= 0.6 is 11.3 Å². The second-order valence-corrected chi connectivity index (χ2v) is 6.35. The Morgan fingerprint density at radius 3 is 2.76 bits per heavy atom. The normalized spacial score (nSPS) is 14.0. The van der Waals surface area contributed by atoms with Crippen LogP contribution in [-0.4, -0.2) is 12.2 Å². The molecule has 0 amide bonds. The van der Waals surface area contributed by atoms with Crippen LogP contribution in [0.2, 0.25) is 0 Å². The van der Waals surface area contributed by atoms with Crippen molar-refractivity contribution in [2.75, 3.05) is 7.11 Å². The number of thiophene rings is 1. The molecule has 0 bridgehead atoms. The summed E-state index contributed by atoms with van der Waals surface area (Å²) in [6.07, 6.45) is 0.587. The van der Waals surface area contributed by atoms with Gasteiger partial charge in [0.1, 0.15) is 5.75 Å². The number of aliphatic hydroxyl groups is 1. The molecule has 21 heavy (non-hydrogen) atoms. The van der Waals surface area contributed by atoms with Gasteiger partial charge in [-0.15, -0.1) is 11.3 Å². The van der Waals surface area contributed by atoms with Gasteiger partial charge in [-0.05, 0) is 47.0 Å². The van der Waals surface area contributed by atoms with Crippen molar-refractivity contribution in [1.29, 1.82) is 0 Å². The Labute approximate surface area is 128 Å². The molecule has 0 radical (unpaired) electrons. The van der Waals surface area contributed by atoms with E-state index in [1.165, 1.54) is 15.6 Å². The monoisotopic (exact) mass is 298 g/mol. The standard InChI is InChI=1S/C18H18O2S/c1-18(19,14-6-5-7-15(10-14)20-2)11-13-12-21-17-9-4-3-8-16(13)17/h3-10,12,19H,11H2,1-2H3. The summed E-state index contributed by atoms with van der Waals surface area (Å²) in [5, 5.41) is 14.3. The van der Waals surface area contributed by atoms with E-state index in [-0.39, 0.29) is 0 Å². The van der Waals surface area contributed by atoms with Crippen molar-refractivity contribution >= 4 is 21.4 Å². The largest absolute Gasteiger partial charge is 0.497 e. The smallest absolute Gasteiger partial charge is 0.119 e. The first-order valence-electron chi connectivity index (χ1n) is 6.92. The van der Waals surface area contributed by atoms with Crippen LogP contribution in [0, 0.1) is 0 Å². The Kier molecular flexibility index (Phi) is 3.70. The summed E-state index contributed by atoms with van der Waals surface area (Å²) in [6, 6.07) is 16.0. The molecule has 1 aromatic heterocycles. The fraction of sp³-hybridized carbons (Fsp3) is 0.222. The van der Waals surface area contributed by atoms with Crippen molar-refractivity contribution < 1.29 is 9.84 Å². The van der Waals surface area contributed by atoms with E-state index in [4.69, 9.17) is 4.74 Å². The van der Waals surface area contributed by atoms with Gasteiger partial charge in [-0.2, -0.15) is 0 Å². The summed E-state index contributed by atoms with van der Waals surface area (Å²) in [5.74, 6) is 0.767. The third-order valence-corrected chi connectivity index (χ3v) is 4.80. The summed E-state index contributed by atoms with van der Waals surface area (Å²) >= 11 is 1.72. The average Bonchev–Trinajstić information content (AvgIpc) is 2.90. The van der Waals surface area contributed by atoms with Gasteiger partial charge in [0.15, 0.2) is 0 Å². The van der Waals surface area contributed by atoms with E-state index in [0.717, 1.165) is 11.3 Å². The average molecular weight is 298 g/mol. The minimum absolute atomic E-state index is 0.587. The van der Waals surface area contributed by atoms with Crippen LogP contribution in [0.3, 0.4) is 0 Å². The van der Waals surface area contributed by atoms with Gasteiger partial charge in [0.05, 0.1) is 12.7 Å². The van der Waals surface area contributed by atoms with Crippen LogP contribution in [0.15, 0.2) is 53.9 Å². The van der Waals surface area contributed by atoms with Crippen molar-refractivity contribution in [2.45, 2.75) is 18.9 Å². The lowest BCUT2D eigenvalue weighted by Crippen LogP contribution is -2.24. The highest BCUT2D eigenvalue weighted by Gasteiger charge is 2.25. The van der Waals surface area contributed by atoms with Crippen molar-refractivity contribution in [3.8, 4) is 5.75 Å². The Bertz CT molecular complexity index is 759. The van der Waals surface area contributed by atoms with Crippen molar-refractivity contribution in [1.82, 2.24) is 0 Å². The van der Waals surface area contributed by atoms with E-state index in [2.05, 4.69) is 17.5 Å². The summed E-state index contributed by atoms with van der Waals surface area (Å²) in [4.78, 5) is 0. The van der Waals surface area contributed by atoms with Crippen LogP contribution in [-0.2, 0) is 12.0 Å². The molecular weight excluding hydrogens is 280 g/mol. The zero-order chi connectivity index (χ0) is 14.9. The van der Waals surface area contributed by atoms with Gasteiger partial charge in [0.2, 0.25) is 0 Å². The fourth-order valence-electron chi connectivity index (χ4n) is 2.60. The molecule has 0 spiro atoms. The predicted molar refractivity (Wildman–Crippen MR) is 88.1 cm³/mol. The number of hydrogen-bond donors (Lipinski definition) is 1. The molecule has 0 aliphatic heterocycles. The number of benzene rings is 2. The maximum Gasteiger partial charge on any atom is 0.119 e. The highest BCUT2D eigenvalue weighted by atomic mass is 32.1. The zero-order valence-electron chi connectivity index (χ0n) is 12.2. The number of ether oxygens (including phenoxy) is 1. The van der Waals surface area contributed by atoms with Gasteiger partial charge in [-0.3, -0.25) is 0 Å². The lowest BCUT2D eigenvalue weighted by atomic mass is 9.89. The van der Waals surface area contributed by atoms with Crippen LogP contribution in [0.4, 0.5) is 0 Å². The van der Waals surface area contributed by atoms with Gasteiger partial charge in [0, 0.05) is 11.1 Å². The lowest BCUT2D eigenvalue weighted by Gasteiger charge is -2.24. The molecule has 1 atom stereocenters. The summed E-state index contributed by atoms with van der Waals surface area (Å²) in [6.45, 7) is 1.86. The molecule has 2 aromatic carbocycles. The molecule has 0 fully saturated rings. The van der Waals surface area contributed by atoms with E-state index in [0.29, 0.717) is 6.42 Å². The van der Waals surface area contributed by atoms with E-state index < -0.39 is 5.60 Å². The van der Waals surface area contributed by atoms with Crippen molar-refractivity contribution in [3.05, 3.63) is 65.0 Å². The Morgan fingerprint density at radius 2 is 1.95 bits per heavy atom. The zero-order valence-corrected chi connectivity index (χ0v) is 13.0. The topological polar surface area (TPSA) is 29.5 Å². The SMILES string of the molecule is COc1cccc(C(C)(O)Cc2csc3ccccc23)c1. The molecule has 0 aliphatic rings. The Morgan fingerprint density at radius 1 is 1.14 bits per heavy atom. The summed E-state index contributed by atoms with van der Waals surface area (Å²) < 4.78 is 6.50. The third-order valence-electron chi connectivity index (χ3n) is 3.79. The molecule has 0 saturated heterocycles. The minimum atomic E-state index is -0.918. The predicted octanol–water partition coefficient (Wildman–Crippen LogP) is 4.36. The Balaban J connectivity index is 1.95. The number of rotatable bonds is 4. The Hall–Kier alpha value is -1.84. The number of hydrogen-bond acceptors (Lipinski definition) is 3. The molecule has 3 aromatic rings. The minimum Gasteiger partial charge on any atom is -0.497 e. The van der Waals surface area contributed by atoms with E-state index >= 15 is 0 Å². The maximum absolute atomic E-state index is 10.9. The molecule has 0 aliphatic carbocycles. The maximum atomic E-state index is 10.9. The lowest BCUT2D eigenvalue weighted by molar-refractivity contribution is 0.0578. The van der Waals surface area contributed by atoms with Crippen molar-refractivity contribution in [2.24, 2.45) is 0 Å². The van der Waals surface area contributed by atoms with E-state index in [9.17, 15) is 5.11 Å². The van der Waals surface area contributed by atoms with Gasteiger partial charge in [0.25, 0.3) is 0 Å². The first-order chi connectivity index (χ1) is 10.1. The van der Waals surface area contributed by atoms with Crippen LogP contribution in [0.25, 0.3) is 10.1 Å². The fourth-order valence-corrected chi connectivity index (χ4v) is 3.56. The van der Waals surface area contributed by atoms with Gasteiger partial charge >= 0.3 is 0 Å². The van der Waals surface area contributed by atoms with Gasteiger partial charge in [-0.25, -0.2) is 0 Å². The molecule has 2 nitrogen and oxygen atoms in total. The van der Waals surface area contributed by atoms with Crippen LogP contribution in [0.5, 0.6) is 5.75 Å². The van der Waals surface area contributed by atoms with Gasteiger partial charge < -0.3 is 9.84 Å². The molecule has 108 valence electrons. The molecular formula is C18H18O2S. The van der Waals surface area contributed by atoms with E-state index in [1.807, 2.05) is 43.3 Å². The molecule has 3 heteroatoms. The molecule has 3 rings (SSSR count). The molecule has 1 unspecified atom stereocenters.